The SMILES string of the molecule is OCC1O[C@@H](O)C(O)C(O)[C@@H]1S. The van der Waals surface area contributed by atoms with E-state index >= 15 is 0 Å². The van der Waals surface area contributed by atoms with Gasteiger partial charge in [-0.2, -0.15) is 12.6 Å². The van der Waals surface area contributed by atoms with E-state index in [1.807, 2.05) is 0 Å². The summed E-state index contributed by atoms with van der Waals surface area (Å²) in [6.07, 6.45) is -4.76. The number of thiol groups is 1. The molecule has 6 heteroatoms. The van der Waals surface area contributed by atoms with Crippen molar-refractivity contribution in [2.45, 2.75) is 29.9 Å². The van der Waals surface area contributed by atoms with E-state index in [4.69, 9.17) is 20.1 Å². The normalized spacial score (nSPS) is 49.2. The van der Waals surface area contributed by atoms with E-state index < -0.39 is 29.9 Å². The van der Waals surface area contributed by atoms with Crippen LogP contribution in [0.25, 0.3) is 0 Å². The maximum Gasteiger partial charge on any atom is 0.183 e. The Morgan fingerprint density at radius 3 is 2.25 bits per heavy atom. The molecule has 1 aliphatic rings. The fourth-order valence-corrected chi connectivity index (χ4v) is 1.42. The van der Waals surface area contributed by atoms with Crippen molar-refractivity contribution in [2.75, 3.05) is 6.61 Å². The Balaban J connectivity index is 2.63. The van der Waals surface area contributed by atoms with Crippen LogP contribution in [0.1, 0.15) is 0 Å². The van der Waals surface area contributed by atoms with Crippen LogP contribution in [-0.2, 0) is 4.74 Å². The Morgan fingerprint density at radius 1 is 1.17 bits per heavy atom. The van der Waals surface area contributed by atoms with Gasteiger partial charge in [0.25, 0.3) is 0 Å². The summed E-state index contributed by atoms with van der Waals surface area (Å²) in [5, 5.41) is 35.3. The lowest BCUT2D eigenvalue weighted by molar-refractivity contribution is -0.248. The van der Waals surface area contributed by atoms with Crippen molar-refractivity contribution >= 4 is 12.6 Å². The molecule has 0 radical (unpaired) electrons. The van der Waals surface area contributed by atoms with Crippen molar-refractivity contribution in [1.29, 1.82) is 0 Å². The molecule has 1 aliphatic heterocycles. The van der Waals surface area contributed by atoms with E-state index in [2.05, 4.69) is 12.6 Å². The zero-order valence-corrected chi connectivity index (χ0v) is 7.13. The topological polar surface area (TPSA) is 90.2 Å². The lowest BCUT2D eigenvalue weighted by Crippen LogP contribution is -2.56. The number of hydrogen-bond donors (Lipinski definition) is 5. The third kappa shape index (κ3) is 1.73. The molecule has 0 aromatic rings. The first-order chi connectivity index (χ1) is 5.57. The monoisotopic (exact) mass is 196 g/mol. The van der Waals surface area contributed by atoms with Crippen molar-refractivity contribution in [3.63, 3.8) is 0 Å². The summed E-state index contributed by atoms with van der Waals surface area (Å²) < 4.78 is 4.75. The molecule has 1 rings (SSSR count). The summed E-state index contributed by atoms with van der Waals surface area (Å²) in [7, 11) is 0. The Hall–Kier alpha value is 0.150. The van der Waals surface area contributed by atoms with E-state index in [1.165, 1.54) is 0 Å². The molecule has 5 atom stereocenters. The third-order valence-corrected chi connectivity index (χ3v) is 2.51. The summed E-state index contributed by atoms with van der Waals surface area (Å²) in [6, 6.07) is 0. The van der Waals surface area contributed by atoms with Crippen LogP contribution in [0.15, 0.2) is 0 Å². The maximum absolute atomic E-state index is 9.24. The van der Waals surface area contributed by atoms with E-state index in [-0.39, 0.29) is 6.61 Å². The Labute approximate surface area is 75.0 Å². The lowest BCUT2D eigenvalue weighted by Gasteiger charge is -2.37. The molecular weight excluding hydrogens is 184 g/mol. The van der Waals surface area contributed by atoms with Gasteiger partial charge < -0.3 is 25.2 Å². The van der Waals surface area contributed by atoms with Crippen LogP contribution in [-0.4, -0.2) is 56.9 Å². The molecule has 4 N–H and O–H groups in total. The highest BCUT2D eigenvalue weighted by Crippen LogP contribution is 2.23. The van der Waals surface area contributed by atoms with Gasteiger partial charge in [-0.3, -0.25) is 0 Å². The molecule has 1 fully saturated rings. The van der Waals surface area contributed by atoms with Crippen molar-refractivity contribution in [3.8, 4) is 0 Å². The van der Waals surface area contributed by atoms with Crippen LogP contribution in [0.4, 0.5) is 0 Å². The number of ether oxygens (including phenoxy) is 1. The molecule has 0 aromatic carbocycles. The Kier molecular flexibility index (Phi) is 3.33. The number of aliphatic hydroxyl groups excluding tert-OH is 4. The molecule has 0 aromatic heterocycles. The Bertz CT molecular complexity index is 150. The second-order valence-electron chi connectivity index (χ2n) is 2.72. The highest BCUT2D eigenvalue weighted by molar-refractivity contribution is 7.81. The predicted octanol–water partition coefficient (Wildman–Crippen LogP) is -2.28. The van der Waals surface area contributed by atoms with Gasteiger partial charge in [0, 0.05) is 0 Å². The zero-order valence-electron chi connectivity index (χ0n) is 6.24. The highest BCUT2D eigenvalue weighted by Gasteiger charge is 2.41. The quantitative estimate of drug-likeness (QED) is 0.305. The molecule has 0 saturated carbocycles. The van der Waals surface area contributed by atoms with Crippen LogP contribution < -0.4 is 0 Å². The molecule has 0 amide bonds. The van der Waals surface area contributed by atoms with E-state index in [0.29, 0.717) is 0 Å². The standard InChI is InChI=1S/C6H12O5S/c7-1-2-5(12)3(8)4(9)6(10)11-2/h2-10,12H,1H2/t2?,3?,4?,5-,6-/m1/s1. The summed E-state index contributed by atoms with van der Waals surface area (Å²) in [5.74, 6) is 0. The largest absolute Gasteiger partial charge is 0.394 e. The van der Waals surface area contributed by atoms with Gasteiger partial charge in [-0.1, -0.05) is 0 Å². The van der Waals surface area contributed by atoms with Crippen molar-refractivity contribution < 1.29 is 25.2 Å². The first kappa shape index (κ1) is 10.2. The molecule has 0 spiro atoms. The van der Waals surface area contributed by atoms with Crippen LogP contribution in [0.2, 0.25) is 0 Å². The van der Waals surface area contributed by atoms with E-state index in [0.717, 1.165) is 0 Å². The van der Waals surface area contributed by atoms with Crippen LogP contribution in [0.3, 0.4) is 0 Å². The summed E-state index contributed by atoms with van der Waals surface area (Å²) >= 11 is 3.93. The molecule has 0 aliphatic carbocycles. The van der Waals surface area contributed by atoms with Gasteiger partial charge in [-0.15, -0.1) is 0 Å². The highest BCUT2D eigenvalue weighted by atomic mass is 32.1. The predicted molar refractivity (Wildman–Crippen MR) is 42.8 cm³/mol. The van der Waals surface area contributed by atoms with Crippen LogP contribution in [0.5, 0.6) is 0 Å². The Morgan fingerprint density at radius 2 is 1.75 bits per heavy atom. The minimum absolute atomic E-state index is 0.352. The van der Waals surface area contributed by atoms with E-state index in [1.54, 1.807) is 0 Å². The van der Waals surface area contributed by atoms with Gasteiger partial charge in [0.1, 0.15) is 6.10 Å². The van der Waals surface area contributed by atoms with Crippen molar-refractivity contribution in [1.82, 2.24) is 0 Å². The smallest absolute Gasteiger partial charge is 0.183 e. The first-order valence-corrected chi connectivity index (χ1v) is 4.08. The van der Waals surface area contributed by atoms with Gasteiger partial charge in [0.15, 0.2) is 6.29 Å². The zero-order chi connectivity index (χ0) is 9.30. The van der Waals surface area contributed by atoms with Gasteiger partial charge in [0.2, 0.25) is 0 Å². The average Bonchev–Trinajstić information content (AvgIpc) is 2.08. The molecule has 1 saturated heterocycles. The molecule has 5 nitrogen and oxygen atoms in total. The first-order valence-electron chi connectivity index (χ1n) is 3.56. The second-order valence-corrected chi connectivity index (χ2v) is 3.32. The molecule has 1 heterocycles. The molecular formula is C6H12O5S. The minimum atomic E-state index is -1.46. The molecule has 0 bridgehead atoms. The van der Waals surface area contributed by atoms with Crippen molar-refractivity contribution in [2.24, 2.45) is 0 Å². The van der Waals surface area contributed by atoms with Gasteiger partial charge in [0.05, 0.1) is 24.1 Å². The fraction of sp³-hybridized carbons (Fsp3) is 1.00. The van der Waals surface area contributed by atoms with Gasteiger partial charge >= 0.3 is 0 Å². The minimum Gasteiger partial charge on any atom is -0.394 e. The number of hydrogen-bond acceptors (Lipinski definition) is 6. The van der Waals surface area contributed by atoms with Gasteiger partial charge in [-0.25, -0.2) is 0 Å². The maximum atomic E-state index is 9.24. The van der Waals surface area contributed by atoms with E-state index in [9.17, 15) is 5.11 Å². The molecule has 72 valence electrons. The summed E-state index contributed by atoms with van der Waals surface area (Å²) in [4.78, 5) is 0. The molecule has 12 heavy (non-hydrogen) atoms. The van der Waals surface area contributed by atoms with Crippen LogP contribution >= 0.6 is 12.6 Å². The summed E-state index contributed by atoms with van der Waals surface area (Å²) in [6.45, 7) is -0.352. The van der Waals surface area contributed by atoms with Crippen molar-refractivity contribution in [3.05, 3.63) is 0 Å². The third-order valence-electron chi connectivity index (χ3n) is 1.87. The number of aliphatic hydroxyl groups is 4. The fourth-order valence-electron chi connectivity index (χ4n) is 1.08. The van der Waals surface area contributed by atoms with Crippen LogP contribution in [0, 0.1) is 0 Å². The average molecular weight is 196 g/mol. The molecule has 3 unspecified atom stereocenters. The second kappa shape index (κ2) is 3.91. The lowest BCUT2D eigenvalue weighted by atomic mass is 10.0. The number of rotatable bonds is 1. The van der Waals surface area contributed by atoms with Gasteiger partial charge in [-0.05, 0) is 0 Å². The summed E-state index contributed by atoms with van der Waals surface area (Å²) in [5.41, 5.74) is 0.